The van der Waals surface area contributed by atoms with Crippen LogP contribution in [0.25, 0.3) is 0 Å². The number of amides is 1. The molecule has 1 aliphatic heterocycles. The molecule has 0 radical (unpaired) electrons. The highest BCUT2D eigenvalue weighted by molar-refractivity contribution is 5.79. The monoisotopic (exact) mass is 296 g/mol. The van der Waals surface area contributed by atoms with Gasteiger partial charge in [-0.25, -0.2) is 0 Å². The van der Waals surface area contributed by atoms with Gasteiger partial charge in [-0.3, -0.25) is 9.69 Å². The van der Waals surface area contributed by atoms with Crippen LogP contribution in [-0.4, -0.2) is 59.4 Å². The molecule has 120 valence electrons. The van der Waals surface area contributed by atoms with Crippen molar-refractivity contribution in [3.8, 4) is 12.3 Å². The Balaban J connectivity index is 2.64. The summed E-state index contributed by atoms with van der Waals surface area (Å²) < 4.78 is 5.74. The molecule has 1 saturated heterocycles. The first kappa shape index (κ1) is 18.0. The van der Waals surface area contributed by atoms with E-state index in [4.69, 9.17) is 11.2 Å². The normalized spacial score (nSPS) is 22.6. The van der Waals surface area contributed by atoms with Crippen molar-refractivity contribution in [1.29, 1.82) is 0 Å². The minimum absolute atomic E-state index is 0.0419. The molecule has 0 aromatic rings. The van der Waals surface area contributed by atoms with Gasteiger partial charge in [0.1, 0.15) is 5.54 Å². The zero-order chi connectivity index (χ0) is 16.1. The summed E-state index contributed by atoms with van der Waals surface area (Å²) in [5.41, 5.74) is -0.931. The average Bonchev–Trinajstić information content (AvgIpc) is 2.43. The summed E-state index contributed by atoms with van der Waals surface area (Å²) in [6, 6.07) is 0. The van der Waals surface area contributed by atoms with E-state index < -0.39 is 5.54 Å². The largest absolute Gasteiger partial charge is 0.394 e. The van der Waals surface area contributed by atoms with Crippen LogP contribution in [-0.2, 0) is 9.53 Å². The second kappa shape index (κ2) is 7.26. The number of nitrogens with zero attached hydrogens (tertiary/aromatic N) is 1. The van der Waals surface area contributed by atoms with Crippen molar-refractivity contribution in [3.05, 3.63) is 0 Å². The molecular weight excluding hydrogens is 268 g/mol. The number of ether oxygens (including phenoxy) is 1. The molecule has 1 fully saturated rings. The topological polar surface area (TPSA) is 61.8 Å². The van der Waals surface area contributed by atoms with Gasteiger partial charge in [0.05, 0.1) is 24.9 Å². The van der Waals surface area contributed by atoms with Crippen LogP contribution >= 0.6 is 0 Å². The maximum Gasteiger partial charge on any atom is 0.235 e. The van der Waals surface area contributed by atoms with Gasteiger partial charge < -0.3 is 15.2 Å². The van der Waals surface area contributed by atoms with Crippen LogP contribution in [0.4, 0.5) is 0 Å². The van der Waals surface area contributed by atoms with Crippen LogP contribution in [0.3, 0.4) is 0 Å². The smallest absolute Gasteiger partial charge is 0.235 e. The van der Waals surface area contributed by atoms with E-state index in [0.717, 1.165) is 0 Å². The second-order valence-electron chi connectivity index (χ2n) is 6.33. The molecule has 1 heterocycles. The van der Waals surface area contributed by atoms with E-state index in [2.05, 4.69) is 11.2 Å². The molecule has 0 saturated carbocycles. The number of terminal acetylenes is 1. The van der Waals surface area contributed by atoms with Gasteiger partial charge in [-0.05, 0) is 26.7 Å². The highest BCUT2D eigenvalue weighted by atomic mass is 16.5. The van der Waals surface area contributed by atoms with E-state index in [9.17, 15) is 9.90 Å². The zero-order valence-corrected chi connectivity index (χ0v) is 13.6. The minimum Gasteiger partial charge on any atom is -0.394 e. The number of nitrogens with one attached hydrogen (secondary N) is 1. The third-order valence-electron chi connectivity index (χ3n) is 3.98. The van der Waals surface area contributed by atoms with Gasteiger partial charge in [-0.2, -0.15) is 0 Å². The van der Waals surface area contributed by atoms with Crippen molar-refractivity contribution < 1.29 is 14.6 Å². The predicted molar refractivity (Wildman–Crippen MR) is 82.8 cm³/mol. The van der Waals surface area contributed by atoms with Crippen molar-refractivity contribution in [2.24, 2.45) is 0 Å². The van der Waals surface area contributed by atoms with Crippen LogP contribution < -0.4 is 5.32 Å². The fourth-order valence-electron chi connectivity index (χ4n) is 2.81. The zero-order valence-electron chi connectivity index (χ0n) is 13.6. The van der Waals surface area contributed by atoms with Crippen LogP contribution in [0, 0.1) is 12.3 Å². The molecule has 0 aliphatic carbocycles. The maximum atomic E-state index is 12.3. The first-order valence-corrected chi connectivity index (χ1v) is 7.59. The SMILES string of the molecule is C#CC(CC)(CC)NC(=O)CN1CC(CO)OC(C)(C)C1. The van der Waals surface area contributed by atoms with Gasteiger partial charge in [0.25, 0.3) is 0 Å². The molecule has 5 heteroatoms. The summed E-state index contributed by atoms with van der Waals surface area (Å²) >= 11 is 0. The Labute approximate surface area is 128 Å². The van der Waals surface area contributed by atoms with E-state index >= 15 is 0 Å². The number of hydrogen-bond donors (Lipinski definition) is 2. The molecule has 1 aliphatic rings. The van der Waals surface area contributed by atoms with Crippen LogP contribution in [0.5, 0.6) is 0 Å². The van der Waals surface area contributed by atoms with Crippen molar-refractivity contribution in [2.75, 3.05) is 26.2 Å². The average molecular weight is 296 g/mol. The van der Waals surface area contributed by atoms with Gasteiger partial charge in [0.2, 0.25) is 5.91 Å². The molecule has 0 spiro atoms. The van der Waals surface area contributed by atoms with Gasteiger partial charge in [-0.15, -0.1) is 6.42 Å². The number of rotatable bonds is 6. The fourth-order valence-corrected chi connectivity index (χ4v) is 2.81. The first-order chi connectivity index (χ1) is 9.79. The molecule has 0 aromatic heterocycles. The molecule has 1 amide bonds. The summed E-state index contributed by atoms with van der Waals surface area (Å²) in [7, 11) is 0. The minimum atomic E-state index is -0.560. The summed E-state index contributed by atoms with van der Waals surface area (Å²) in [5, 5.41) is 12.3. The lowest BCUT2D eigenvalue weighted by Crippen LogP contribution is -2.57. The van der Waals surface area contributed by atoms with E-state index in [1.165, 1.54) is 0 Å². The van der Waals surface area contributed by atoms with E-state index in [0.29, 0.717) is 25.9 Å². The lowest BCUT2D eigenvalue weighted by atomic mass is 9.94. The van der Waals surface area contributed by atoms with E-state index in [-0.39, 0.29) is 30.8 Å². The highest BCUT2D eigenvalue weighted by Gasteiger charge is 2.34. The van der Waals surface area contributed by atoms with Crippen molar-refractivity contribution in [2.45, 2.75) is 57.8 Å². The quantitative estimate of drug-likeness (QED) is 0.711. The Bertz CT molecular complexity index is 397. The molecule has 0 aromatic carbocycles. The number of carbonyl (C=O) groups is 1. The van der Waals surface area contributed by atoms with E-state index in [1.807, 2.05) is 32.6 Å². The predicted octanol–water partition coefficient (Wildman–Crippen LogP) is 0.766. The Morgan fingerprint density at radius 2 is 2.14 bits per heavy atom. The molecule has 1 atom stereocenters. The van der Waals surface area contributed by atoms with Gasteiger partial charge in [0.15, 0.2) is 0 Å². The summed E-state index contributed by atoms with van der Waals surface area (Å²) in [6.45, 7) is 9.30. The lowest BCUT2D eigenvalue weighted by Gasteiger charge is -2.42. The highest BCUT2D eigenvalue weighted by Crippen LogP contribution is 2.21. The molecular formula is C16H28N2O3. The number of carbonyl (C=O) groups excluding carboxylic acids is 1. The standard InChI is InChI=1S/C16H28N2O3/c1-6-16(7-2,8-3)17-14(20)10-18-9-13(11-19)21-15(4,5)12-18/h1,13,19H,7-12H2,2-5H3,(H,17,20). The third kappa shape index (κ3) is 4.99. The van der Waals surface area contributed by atoms with Crippen molar-refractivity contribution in [1.82, 2.24) is 10.2 Å². The van der Waals surface area contributed by atoms with E-state index in [1.54, 1.807) is 0 Å². The van der Waals surface area contributed by atoms with Crippen LogP contribution in [0.15, 0.2) is 0 Å². The Kier molecular flexibility index (Phi) is 6.21. The molecule has 21 heavy (non-hydrogen) atoms. The lowest BCUT2D eigenvalue weighted by molar-refractivity contribution is -0.153. The van der Waals surface area contributed by atoms with Gasteiger partial charge in [0, 0.05) is 13.1 Å². The van der Waals surface area contributed by atoms with Crippen molar-refractivity contribution >= 4 is 5.91 Å². The summed E-state index contributed by atoms with van der Waals surface area (Å²) in [4.78, 5) is 14.3. The molecule has 2 N–H and O–H groups in total. The number of aliphatic hydroxyl groups excluding tert-OH is 1. The van der Waals surface area contributed by atoms with Crippen LogP contribution in [0.1, 0.15) is 40.5 Å². The molecule has 1 rings (SSSR count). The Morgan fingerprint density at radius 1 is 1.52 bits per heavy atom. The first-order valence-electron chi connectivity index (χ1n) is 7.59. The molecule has 1 unspecified atom stereocenters. The van der Waals surface area contributed by atoms with Gasteiger partial charge in [-0.1, -0.05) is 19.8 Å². The Morgan fingerprint density at radius 3 is 2.62 bits per heavy atom. The van der Waals surface area contributed by atoms with Crippen molar-refractivity contribution in [3.63, 3.8) is 0 Å². The Hall–Kier alpha value is -1.09. The maximum absolute atomic E-state index is 12.3. The second-order valence-corrected chi connectivity index (χ2v) is 6.33. The van der Waals surface area contributed by atoms with Crippen LogP contribution in [0.2, 0.25) is 0 Å². The molecule has 5 nitrogen and oxygen atoms in total. The van der Waals surface area contributed by atoms with Gasteiger partial charge >= 0.3 is 0 Å². The summed E-state index contributed by atoms with van der Waals surface area (Å²) in [5.74, 6) is 2.63. The fraction of sp³-hybridized carbons (Fsp3) is 0.812. The third-order valence-corrected chi connectivity index (χ3v) is 3.98. The number of morpholine rings is 1. The summed E-state index contributed by atoms with van der Waals surface area (Å²) in [6.07, 6.45) is 6.73. The number of aliphatic hydroxyl groups is 1. The molecule has 0 bridgehead atoms. The number of hydrogen-bond acceptors (Lipinski definition) is 4.